The molecule has 3 N–H and O–H groups in total. The molecule has 17 heavy (non-hydrogen) atoms. The second-order valence-corrected chi connectivity index (χ2v) is 4.60. The van der Waals surface area contributed by atoms with Crippen molar-refractivity contribution in [1.82, 2.24) is 9.97 Å². The van der Waals surface area contributed by atoms with Crippen molar-refractivity contribution >= 4 is 17.6 Å². The van der Waals surface area contributed by atoms with Gasteiger partial charge in [-0.05, 0) is 19.9 Å². The van der Waals surface area contributed by atoms with E-state index in [4.69, 9.17) is 10.3 Å². The summed E-state index contributed by atoms with van der Waals surface area (Å²) in [5, 5.41) is 0. The molecule has 2 aromatic heterocycles. The van der Waals surface area contributed by atoms with Crippen LogP contribution >= 0.6 is 11.8 Å². The number of hydrogen-bond donors (Lipinski definition) is 2. The van der Waals surface area contributed by atoms with Crippen LogP contribution in [0.25, 0.3) is 0 Å². The molecule has 0 unspecified atom stereocenters. The largest absolute Gasteiger partial charge is 0.468 e. The molecular weight excluding hydrogens is 236 g/mol. The average Bonchev–Trinajstić information content (AvgIpc) is 2.71. The number of nitrogens with one attached hydrogen (secondary N) is 1. The Bertz CT molecular complexity index is 512. The first-order valence-electron chi connectivity index (χ1n) is 5.17. The van der Waals surface area contributed by atoms with E-state index in [2.05, 4.69) is 15.4 Å². The van der Waals surface area contributed by atoms with Gasteiger partial charge in [0.15, 0.2) is 0 Å². The van der Waals surface area contributed by atoms with Gasteiger partial charge in [-0.3, -0.25) is 0 Å². The van der Waals surface area contributed by atoms with Gasteiger partial charge < -0.3 is 9.84 Å². The monoisotopic (exact) mass is 250 g/mol. The molecule has 0 bridgehead atoms. The van der Waals surface area contributed by atoms with E-state index >= 15 is 0 Å². The molecule has 0 saturated heterocycles. The van der Waals surface area contributed by atoms with Crippen LogP contribution in [0.4, 0.5) is 5.82 Å². The highest BCUT2D eigenvalue weighted by Crippen LogP contribution is 2.25. The van der Waals surface area contributed by atoms with E-state index in [1.165, 1.54) is 0 Å². The molecule has 90 valence electrons. The smallest absolute Gasteiger partial charge is 0.143 e. The molecule has 0 saturated carbocycles. The Balaban J connectivity index is 2.09. The van der Waals surface area contributed by atoms with Gasteiger partial charge in [0.25, 0.3) is 0 Å². The normalized spacial score (nSPS) is 10.5. The number of furan rings is 1. The topological polar surface area (TPSA) is 77.0 Å². The van der Waals surface area contributed by atoms with Crippen LogP contribution in [-0.4, -0.2) is 9.97 Å². The number of thioether (sulfide) groups is 1. The summed E-state index contributed by atoms with van der Waals surface area (Å²) in [6.07, 6.45) is 1.68. The average molecular weight is 250 g/mol. The zero-order valence-corrected chi connectivity index (χ0v) is 10.5. The molecule has 0 aliphatic heterocycles. The SMILES string of the molecule is Cc1cc(NN)nc(CSc2ccoc2C)n1. The fraction of sp³-hybridized carbons (Fsp3) is 0.273. The van der Waals surface area contributed by atoms with Crippen molar-refractivity contribution in [3.05, 3.63) is 35.7 Å². The Morgan fingerprint density at radius 1 is 1.41 bits per heavy atom. The number of nitrogen functional groups attached to an aromatic ring is 1. The Hall–Kier alpha value is -1.53. The molecule has 6 heteroatoms. The maximum absolute atomic E-state index is 5.34. The highest BCUT2D eigenvalue weighted by Gasteiger charge is 2.05. The minimum absolute atomic E-state index is 0.636. The van der Waals surface area contributed by atoms with Gasteiger partial charge in [0.1, 0.15) is 17.4 Å². The van der Waals surface area contributed by atoms with E-state index in [0.29, 0.717) is 11.6 Å². The highest BCUT2D eigenvalue weighted by molar-refractivity contribution is 7.98. The van der Waals surface area contributed by atoms with Crippen LogP contribution in [0.1, 0.15) is 17.3 Å². The summed E-state index contributed by atoms with van der Waals surface area (Å²) < 4.78 is 5.23. The lowest BCUT2D eigenvalue weighted by molar-refractivity contribution is 0.527. The van der Waals surface area contributed by atoms with Crippen LogP contribution in [0, 0.1) is 13.8 Å². The molecule has 2 rings (SSSR count). The van der Waals surface area contributed by atoms with E-state index in [9.17, 15) is 0 Å². The predicted octanol–water partition coefficient (Wildman–Crippen LogP) is 2.26. The van der Waals surface area contributed by atoms with E-state index in [1.54, 1.807) is 24.1 Å². The first-order chi connectivity index (χ1) is 8.19. The maximum atomic E-state index is 5.34. The quantitative estimate of drug-likeness (QED) is 0.492. The van der Waals surface area contributed by atoms with Gasteiger partial charge in [-0.2, -0.15) is 0 Å². The van der Waals surface area contributed by atoms with Crippen LogP contribution in [-0.2, 0) is 5.75 Å². The zero-order valence-electron chi connectivity index (χ0n) is 9.73. The molecular formula is C11H14N4OS. The predicted molar refractivity (Wildman–Crippen MR) is 67.6 cm³/mol. The van der Waals surface area contributed by atoms with Crippen molar-refractivity contribution < 1.29 is 4.42 Å². The van der Waals surface area contributed by atoms with Gasteiger partial charge in [-0.1, -0.05) is 0 Å². The summed E-state index contributed by atoms with van der Waals surface area (Å²) in [7, 11) is 0. The lowest BCUT2D eigenvalue weighted by Gasteiger charge is -2.04. The molecule has 5 nitrogen and oxygen atoms in total. The Morgan fingerprint density at radius 2 is 2.24 bits per heavy atom. The Labute approximate surface area is 104 Å². The van der Waals surface area contributed by atoms with E-state index in [-0.39, 0.29) is 0 Å². The number of rotatable bonds is 4. The van der Waals surface area contributed by atoms with Gasteiger partial charge in [0.05, 0.1) is 12.0 Å². The molecule has 0 radical (unpaired) electrons. The lowest BCUT2D eigenvalue weighted by atomic mass is 10.4. The molecule has 0 fully saturated rings. The number of hydrogen-bond acceptors (Lipinski definition) is 6. The Morgan fingerprint density at radius 3 is 2.88 bits per heavy atom. The third kappa shape index (κ3) is 2.98. The van der Waals surface area contributed by atoms with E-state index in [0.717, 1.165) is 22.2 Å². The fourth-order valence-electron chi connectivity index (χ4n) is 1.43. The minimum atomic E-state index is 0.636. The van der Waals surface area contributed by atoms with Crippen LogP contribution < -0.4 is 11.3 Å². The molecule has 2 aromatic rings. The third-order valence-corrected chi connectivity index (χ3v) is 3.35. The second kappa shape index (κ2) is 5.20. The van der Waals surface area contributed by atoms with Crippen LogP contribution in [0.2, 0.25) is 0 Å². The number of nitrogens with two attached hydrogens (primary N) is 1. The molecule has 2 heterocycles. The number of aromatic nitrogens is 2. The fourth-order valence-corrected chi connectivity index (χ4v) is 2.25. The van der Waals surface area contributed by atoms with Crippen molar-refractivity contribution in [2.45, 2.75) is 24.5 Å². The van der Waals surface area contributed by atoms with Gasteiger partial charge >= 0.3 is 0 Å². The minimum Gasteiger partial charge on any atom is -0.468 e. The van der Waals surface area contributed by atoms with Gasteiger partial charge in [0, 0.05) is 16.7 Å². The lowest BCUT2D eigenvalue weighted by Crippen LogP contribution is -2.10. The Kier molecular flexibility index (Phi) is 3.65. The van der Waals surface area contributed by atoms with Crippen LogP contribution in [0.15, 0.2) is 27.7 Å². The summed E-state index contributed by atoms with van der Waals surface area (Å²) in [5.74, 6) is 8.34. The number of anilines is 1. The van der Waals surface area contributed by atoms with Gasteiger partial charge in [-0.25, -0.2) is 15.8 Å². The summed E-state index contributed by atoms with van der Waals surface area (Å²) in [4.78, 5) is 9.74. The summed E-state index contributed by atoms with van der Waals surface area (Å²) in [5.41, 5.74) is 3.43. The van der Waals surface area contributed by atoms with Gasteiger partial charge in [0.2, 0.25) is 0 Å². The molecule has 0 aliphatic carbocycles. The van der Waals surface area contributed by atoms with Crippen molar-refractivity contribution in [3.8, 4) is 0 Å². The molecule has 0 aromatic carbocycles. The van der Waals surface area contributed by atoms with E-state index < -0.39 is 0 Å². The highest BCUT2D eigenvalue weighted by atomic mass is 32.2. The molecule has 0 spiro atoms. The number of hydrazine groups is 1. The number of nitrogens with zero attached hydrogens (tertiary/aromatic N) is 2. The zero-order chi connectivity index (χ0) is 12.3. The summed E-state index contributed by atoms with van der Waals surface area (Å²) >= 11 is 1.65. The van der Waals surface area contributed by atoms with Crippen molar-refractivity contribution in [2.75, 3.05) is 5.43 Å². The van der Waals surface area contributed by atoms with Crippen molar-refractivity contribution in [1.29, 1.82) is 0 Å². The van der Waals surface area contributed by atoms with Gasteiger partial charge in [-0.15, -0.1) is 11.8 Å². The van der Waals surface area contributed by atoms with Crippen molar-refractivity contribution in [3.63, 3.8) is 0 Å². The first kappa shape index (κ1) is 11.9. The number of aryl methyl sites for hydroxylation is 2. The van der Waals surface area contributed by atoms with Crippen LogP contribution in [0.5, 0.6) is 0 Å². The van der Waals surface area contributed by atoms with Crippen LogP contribution in [0.3, 0.4) is 0 Å². The van der Waals surface area contributed by atoms with E-state index in [1.807, 2.05) is 19.9 Å². The first-order valence-corrected chi connectivity index (χ1v) is 6.15. The molecule has 0 atom stereocenters. The maximum Gasteiger partial charge on any atom is 0.143 e. The standard InChI is InChI=1S/C11H14N4OS/c1-7-5-10(15-12)14-11(13-7)6-17-9-3-4-16-8(9)2/h3-5H,6,12H2,1-2H3,(H,13,14,15). The summed E-state index contributed by atoms with van der Waals surface area (Å²) in [6.45, 7) is 3.85. The molecule has 0 amide bonds. The molecule has 0 aliphatic rings. The van der Waals surface area contributed by atoms with Crippen molar-refractivity contribution in [2.24, 2.45) is 5.84 Å². The second-order valence-electron chi connectivity index (χ2n) is 3.58. The summed E-state index contributed by atoms with van der Waals surface area (Å²) in [6, 6.07) is 3.75. The third-order valence-electron chi connectivity index (χ3n) is 2.22.